The second-order valence-electron chi connectivity index (χ2n) is 8.85. The normalized spacial score (nSPS) is 16.8. The third-order valence-corrected chi connectivity index (χ3v) is 6.15. The number of benzene rings is 2. The topological polar surface area (TPSA) is 106 Å². The van der Waals surface area contributed by atoms with E-state index in [4.69, 9.17) is 11.6 Å². The maximum atomic E-state index is 14.5. The van der Waals surface area contributed by atoms with Gasteiger partial charge in [0.15, 0.2) is 5.82 Å². The molecule has 0 spiro atoms. The molecule has 0 saturated carbocycles. The lowest BCUT2D eigenvalue weighted by Crippen LogP contribution is -3.08. The monoisotopic (exact) mass is 484 g/mol. The van der Waals surface area contributed by atoms with Crippen molar-refractivity contribution in [3.63, 3.8) is 0 Å². The molecular formula is C24H26ClFN6O2. The highest BCUT2D eigenvalue weighted by molar-refractivity contribution is 6.33. The van der Waals surface area contributed by atoms with E-state index < -0.39 is 11.7 Å². The van der Waals surface area contributed by atoms with Crippen LogP contribution in [0.15, 0.2) is 42.6 Å². The van der Waals surface area contributed by atoms with Gasteiger partial charge in [-0.15, -0.1) is 0 Å². The molecule has 0 bridgehead atoms. The number of aromatic nitrogens is 2. The molecule has 2 heterocycles. The molecule has 0 saturated heterocycles. The minimum Gasteiger partial charge on any atom is -0.634 e. The number of rotatable bonds is 5. The van der Waals surface area contributed by atoms with E-state index in [1.165, 1.54) is 31.4 Å². The minimum atomic E-state index is -0.617. The highest BCUT2D eigenvalue weighted by Gasteiger charge is 2.29. The van der Waals surface area contributed by atoms with Crippen LogP contribution >= 0.6 is 11.6 Å². The van der Waals surface area contributed by atoms with E-state index in [0.717, 1.165) is 16.8 Å². The molecule has 0 fully saturated rings. The van der Waals surface area contributed by atoms with E-state index in [9.17, 15) is 14.4 Å². The van der Waals surface area contributed by atoms with Crippen LogP contribution < -0.4 is 21.0 Å². The van der Waals surface area contributed by atoms with Crippen molar-refractivity contribution in [1.29, 1.82) is 0 Å². The molecule has 10 heteroatoms. The van der Waals surface area contributed by atoms with Crippen molar-refractivity contribution in [3.05, 3.63) is 75.3 Å². The first kappa shape index (κ1) is 23.9. The zero-order chi connectivity index (χ0) is 24.5. The van der Waals surface area contributed by atoms with Crippen molar-refractivity contribution in [2.24, 2.45) is 0 Å². The van der Waals surface area contributed by atoms with E-state index in [1.54, 1.807) is 0 Å². The molecule has 2 aromatic carbocycles. The first-order valence-electron chi connectivity index (χ1n) is 10.9. The summed E-state index contributed by atoms with van der Waals surface area (Å²) >= 11 is 6.26. The number of nitrogens with one attached hydrogen (secondary N) is 4. The predicted octanol–water partition coefficient (Wildman–Crippen LogP) is 3.33. The minimum absolute atomic E-state index is 0.0367. The fraction of sp³-hybridized carbons (Fsp3) is 0.292. The SMILES string of the molecule is CNC(=O)c1cccc(F)c1Nc1nc(Nc2ccc3c(c2)CC[NH+]([O-])CC3(C)C)ncc1Cl. The molecule has 4 rings (SSSR count). The van der Waals surface area contributed by atoms with Gasteiger partial charge in [-0.3, -0.25) is 4.79 Å². The van der Waals surface area contributed by atoms with Crippen LogP contribution in [0.2, 0.25) is 5.02 Å². The molecule has 1 aromatic heterocycles. The largest absolute Gasteiger partial charge is 0.634 e. The summed E-state index contributed by atoms with van der Waals surface area (Å²) in [4.78, 5) is 20.8. The Balaban J connectivity index is 1.62. The number of hydrogen-bond acceptors (Lipinski definition) is 6. The molecule has 1 atom stereocenters. The highest BCUT2D eigenvalue weighted by Crippen LogP contribution is 2.31. The van der Waals surface area contributed by atoms with Crippen molar-refractivity contribution in [3.8, 4) is 0 Å². The van der Waals surface area contributed by atoms with Crippen LogP contribution in [0.3, 0.4) is 0 Å². The number of halogens is 2. The van der Waals surface area contributed by atoms with E-state index in [1.807, 2.05) is 18.2 Å². The van der Waals surface area contributed by atoms with Crippen LogP contribution in [-0.2, 0) is 11.8 Å². The van der Waals surface area contributed by atoms with Gasteiger partial charge < -0.3 is 26.2 Å². The lowest BCUT2D eigenvalue weighted by atomic mass is 9.82. The Morgan fingerprint density at radius 2 is 2.03 bits per heavy atom. The number of hydroxylamine groups is 2. The second kappa shape index (κ2) is 9.54. The summed E-state index contributed by atoms with van der Waals surface area (Å²) in [5.41, 5.74) is 2.88. The van der Waals surface area contributed by atoms with Crippen molar-refractivity contribution < 1.29 is 14.2 Å². The smallest absolute Gasteiger partial charge is 0.253 e. The van der Waals surface area contributed by atoms with Crippen LogP contribution in [-0.4, -0.2) is 36.0 Å². The van der Waals surface area contributed by atoms with Gasteiger partial charge in [0.05, 0.1) is 30.5 Å². The molecule has 1 amide bonds. The maximum absolute atomic E-state index is 14.5. The lowest BCUT2D eigenvalue weighted by molar-refractivity contribution is -0.851. The number of carbonyl (C=O) groups excluding carboxylic acids is 1. The fourth-order valence-electron chi connectivity index (χ4n) is 4.23. The number of quaternary nitrogens is 1. The summed E-state index contributed by atoms with van der Waals surface area (Å²) in [5.74, 6) is -0.672. The van der Waals surface area contributed by atoms with Gasteiger partial charge in [0, 0.05) is 24.6 Å². The summed E-state index contributed by atoms with van der Waals surface area (Å²) in [7, 11) is 1.47. The second-order valence-corrected chi connectivity index (χ2v) is 9.26. The van der Waals surface area contributed by atoms with Crippen LogP contribution in [0, 0.1) is 11.0 Å². The average molecular weight is 485 g/mol. The molecule has 1 aliphatic rings. The first-order valence-corrected chi connectivity index (χ1v) is 11.3. The molecule has 1 aliphatic heterocycles. The Hall–Kier alpha value is -3.27. The number of para-hydroxylation sites is 1. The van der Waals surface area contributed by atoms with Gasteiger partial charge >= 0.3 is 0 Å². The zero-order valence-corrected chi connectivity index (χ0v) is 19.9. The van der Waals surface area contributed by atoms with Crippen LogP contribution in [0.5, 0.6) is 0 Å². The Morgan fingerprint density at radius 3 is 2.79 bits per heavy atom. The zero-order valence-electron chi connectivity index (χ0n) is 19.1. The number of anilines is 4. The van der Waals surface area contributed by atoms with Crippen molar-refractivity contribution in [2.45, 2.75) is 25.7 Å². The number of nitrogens with zero attached hydrogens (tertiary/aromatic N) is 2. The van der Waals surface area contributed by atoms with E-state index in [-0.39, 0.29) is 38.5 Å². The summed E-state index contributed by atoms with van der Waals surface area (Å²) in [6.07, 6.45) is 2.07. The summed E-state index contributed by atoms with van der Waals surface area (Å²) in [6.45, 7) is 5.20. The molecule has 0 radical (unpaired) electrons. The van der Waals surface area contributed by atoms with Crippen LogP contribution in [0.4, 0.5) is 27.5 Å². The molecule has 3 aromatic rings. The molecule has 4 N–H and O–H groups in total. The Labute approximate surface area is 202 Å². The third kappa shape index (κ3) is 4.96. The lowest BCUT2D eigenvalue weighted by Gasteiger charge is -2.30. The predicted molar refractivity (Wildman–Crippen MR) is 131 cm³/mol. The summed E-state index contributed by atoms with van der Waals surface area (Å²) in [5, 5.41) is 21.1. The molecule has 1 unspecified atom stereocenters. The van der Waals surface area contributed by atoms with Gasteiger partial charge in [-0.1, -0.05) is 37.6 Å². The molecule has 178 valence electrons. The summed E-state index contributed by atoms with van der Waals surface area (Å²) < 4.78 is 14.5. The van der Waals surface area contributed by atoms with Gasteiger partial charge in [0.2, 0.25) is 5.95 Å². The van der Waals surface area contributed by atoms with Gasteiger partial charge in [-0.25, -0.2) is 9.37 Å². The third-order valence-electron chi connectivity index (χ3n) is 5.88. The van der Waals surface area contributed by atoms with Gasteiger partial charge in [0.25, 0.3) is 5.91 Å². The average Bonchev–Trinajstić information content (AvgIpc) is 2.91. The molecule has 34 heavy (non-hydrogen) atoms. The fourth-order valence-corrected chi connectivity index (χ4v) is 4.37. The highest BCUT2D eigenvalue weighted by atomic mass is 35.5. The molecular weight excluding hydrogens is 459 g/mol. The van der Waals surface area contributed by atoms with E-state index in [0.29, 0.717) is 19.5 Å². The van der Waals surface area contributed by atoms with Gasteiger partial charge in [0.1, 0.15) is 10.8 Å². The van der Waals surface area contributed by atoms with Crippen LogP contribution in [0.1, 0.15) is 35.3 Å². The summed E-state index contributed by atoms with van der Waals surface area (Å²) in [6, 6.07) is 10.1. The Kier molecular flexibility index (Phi) is 6.70. The van der Waals surface area contributed by atoms with Crippen LogP contribution in [0.25, 0.3) is 0 Å². The van der Waals surface area contributed by atoms with Crippen molar-refractivity contribution >= 4 is 40.6 Å². The van der Waals surface area contributed by atoms with E-state index >= 15 is 0 Å². The quantitative estimate of drug-likeness (QED) is 0.414. The molecule has 0 aliphatic carbocycles. The van der Waals surface area contributed by atoms with Gasteiger partial charge in [-0.05, 0) is 35.4 Å². The number of amides is 1. The Morgan fingerprint density at radius 1 is 1.24 bits per heavy atom. The maximum Gasteiger partial charge on any atom is 0.253 e. The first-order chi connectivity index (χ1) is 16.2. The van der Waals surface area contributed by atoms with E-state index in [2.05, 4.69) is 39.8 Å². The number of carbonyl (C=O) groups is 1. The Bertz CT molecular complexity index is 1240. The number of fused-ring (bicyclic) bond motifs is 1. The number of hydrogen-bond donors (Lipinski definition) is 4. The van der Waals surface area contributed by atoms with Crippen molar-refractivity contribution in [1.82, 2.24) is 15.3 Å². The molecule has 8 nitrogen and oxygen atoms in total. The van der Waals surface area contributed by atoms with Crippen molar-refractivity contribution in [2.75, 3.05) is 30.8 Å². The van der Waals surface area contributed by atoms with Gasteiger partial charge in [-0.2, -0.15) is 4.98 Å². The standard InChI is InChI=1S/C24H26ClFN6O2/c1-24(2)13-32(34)10-9-14-11-15(7-8-17(14)24)29-23-28-12-18(25)21(31-23)30-20-16(22(33)27-3)5-4-6-19(20)26/h4-8,11-12,32H,9-10,13H2,1-3H3,(H,27,33)(H2,28,29,30,31).